The largest absolute Gasteiger partial charge is 0.469 e. The fourth-order valence-electron chi connectivity index (χ4n) is 1.86. The summed E-state index contributed by atoms with van der Waals surface area (Å²) in [4.78, 5) is 0. The monoisotopic (exact) mass is 234 g/mol. The van der Waals surface area contributed by atoms with Crippen molar-refractivity contribution < 1.29 is 4.42 Å². The van der Waals surface area contributed by atoms with Crippen molar-refractivity contribution in [3.63, 3.8) is 0 Å². The molecular formula is C14H15ClO. The minimum atomic E-state index is -0.0140. The third-order valence-corrected chi connectivity index (χ3v) is 3.29. The Morgan fingerprint density at radius 3 is 2.56 bits per heavy atom. The number of benzene rings is 1. The van der Waals surface area contributed by atoms with Crippen molar-refractivity contribution in [3.05, 3.63) is 59.0 Å². The summed E-state index contributed by atoms with van der Waals surface area (Å²) in [5.74, 6) is 0.911. The molecule has 0 amide bonds. The second-order valence-corrected chi connectivity index (χ2v) is 4.56. The summed E-state index contributed by atoms with van der Waals surface area (Å²) < 4.78 is 5.27. The molecule has 16 heavy (non-hydrogen) atoms. The highest BCUT2D eigenvalue weighted by atomic mass is 35.5. The molecule has 0 saturated heterocycles. The maximum Gasteiger partial charge on any atom is 0.105 e. The molecule has 0 fully saturated rings. The molecule has 1 unspecified atom stereocenters. The highest BCUT2D eigenvalue weighted by molar-refractivity contribution is 6.21. The zero-order valence-corrected chi connectivity index (χ0v) is 10.3. The predicted octanol–water partition coefficient (Wildman–Crippen LogP) is 4.42. The van der Waals surface area contributed by atoms with Crippen LogP contribution in [0, 0.1) is 13.8 Å². The SMILES string of the molecule is Cc1ccccc1CC(Cl)c1ccoc1C. The molecule has 1 heterocycles. The Morgan fingerprint density at radius 1 is 1.19 bits per heavy atom. The number of aryl methyl sites for hydroxylation is 2. The van der Waals surface area contributed by atoms with E-state index in [-0.39, 0.29) is 5.38 Å². The van der Waals surface area contributed by atoms with E-state index in [0.717, 1.165) is 17.7 Å². The van der Waals surface area contributed by atoms with Crippen molar-refractivity contribution >= 4 is 11.6 Å². The predicted molar refractivity (Wildman–Crippen MR) is 66.9 cm³/mol. The van der Waals surface area contributed by atoms with Gasteiger partial charge in [0.15, 0.2) is 0 Å². The van der Waals surface area contributed by atoms with Gasteiger partial charge in [-0.2, -0.15) is 0 Å². The van der Waals surface area contributed by atoms with Gasteiger partial charge in [0.1, 0.15) is 5.76 Å². The molecule has 2 aromatic rings. The summed E-state index contributed by atoms with van der Waals surface area (Å²) >= 11 is 6.40. The Hall–Kier alpha value is -1.21. The van der Waals surface area contributed by atoms with E-state index in [9.17, 15) is 0 Å². The number of hydrogen-bond acceptors (Lipinski definition) is 1. The molecule has 0 bridgehead atoms. The molecule has 0 N–H and O–H groups in total. The average molecular weight is 235 g/mol. The lowest BCUT2D eigenvalue weighted by atomic mass is 10.0. The molecule has 0 aliphatic rings. The van der Waals surface area contributed by atoms with Crippen LogP contribution in [0.3, 0.4) is 0 Å². The fourth-order valence-corrected chi connectivity index (χ4v) is 2.25. The number of halogens is 1. The van der Waals surface area contributed by atoms with Gasteiger partial charge in [0, 0.05) is 5.56 Å². The van der Waals surface area contributed by atoms with E-state index in [1.165, 1.54) is 11.1 Å². The van der Waals surface area contributed by atoms with Gasteiger partial charge in [0.2, 0.25) is 0 Å². The van der Waals surface area contributed by atoms with Crippen LogP contribution in [0.5, 0.6) is 0 Å². The second-order valence-electron chi connectivity index (χ2n) is 4.03. The summed E-state index contributed by atoms with van der Waals surface area (Å²) in [6, 6.07) is 10.3. The third kappa shape index (κ3) is 2.30. The minimum Gasteiger partial charge on any atom is -0.469 e. The van der Waals surface area contributed by atoms with Crippen LogP contribution in [0.1, 0.15) is 27.8 Å². The maximum absolute atomic E-state index is 6.40. The molecule has 0 radical (unpaired) electrons. The lowest BCUT2D eigenvalue weighted by molar-refractivity contribution is 0.529. The first-order chi connectivity index (χ1) is 7.68. The molecule has 84 valence electrons. The summed E-state index contributed by atoms with van der Waals surface area (Å²) in [6.45, 7) is 4.06. The van der Waals surface area contributed by atoms with Crippen LogP contribution in [-0.4, -0.2) is 0 Å². The Balaban J connectivity index is 2.17. The van der Waals surface area contributed by atoms with Crippen molar-refractivity contribution in [3.8, 4) is 0 Å². The van der Waals surface area contributed by atoms with Gasteiger partial charge in [-0.05, 0) is 37.5 Å². The number of alkyl halides is 1. The van der Waals surface area contributed by atoms with Crippen LogP contribution < -0.4 is 0 Å². The lowest BCUT2D eigenvalue weighted by Crippen LogP contribution is -1.98. The first kappa shape index (κ1) is 11.3. The van der Waals surface area contributed by atoms with Gasteiger partial charge in [0.05, 0.1) is 11.6 Å². The normalized spacial score (nSPS) is 12.7. The summed E-state index contributed by atoms with van der Waals surface area (Å²) in [5.41, 5.74) is 3.67. The molecule has 1 aromatic heterocycles. The van der Waals surface area contributed by atoms with Gasteiger partial charge < -0.3 is 4.42 Å². The number of furan rings is 1. The molecule has 2 rings (SSSR count). The second kappa shape index (κ2) is 4.75. The smallest absolute Gasteiger partial charge is 0.105 e. The van der Waals surface area contributed by atoms with Gasteiger partial charge in [-0.15, -0.1) is 11.6 Å². The molecule has 0 spiro atoms. The number of hydrogen-bond donors (Lipinski definition) is 0. The average Bonchev–Trinajstić information content (AvgIpc) is 2.68. The quantitative estimate of drug-likeness (QED) is 0.717. The first-order valence-corrected chi connectivity index (χ1v) is 5.84. The summed E-state index contributed by atoms with van der Waals surface area (Å²) in [7, 11) is 0. The van der Waals surface area contributed by atoms with Crippen molar-refractivity contribution in [1.29, 1.82) is 0 Å². The van der Waals surface area contributed by atoms with Gasteiger partial charge in [-0.3, -0.25) is 0 Å². The Labute approximate surface area is 101 Å². The van der Waals surface area contributed by atoms with E-state index >= 15 is 0 Å². The lowest BCUT2D eigenvalue weighted by Gasteiger charge is -2.10. The molecule has 2 heteroatoms. The summed E-state index contributed by atoms with van der Waals surface area (Å²) in [6.07, 6.45) is 2.53. The van der Waals surface area contributed by atoms with Crippen LogP contribution in [0.15, 0.2) is 41.0 Å². The zero-order valence-electron chi connectivity index (χ0n) is 9.53. The molecule has 1 atom stereocenters. The topological polar surface area (TPSA) is 13.1 Å². The number of rotatable bonds is 3. The van der Waals surface area contributed by atoms with E-state index < -0.39 is 0 Å². The van der Waals surface area contributed by atoms with Crippen molar-refractivity contribution in [2.45, 2.75) is 25.6 Å². The molecule has 1 aromatic carbocycles. The van der Waals surface area contributed by atoms with Crippen molar-refractivity contribution in [1.82, 2.24) is 0 Å². The van der Waals surface area contributed by atoms with Crippen LogP contribution in [0.4, 0.5) is 0 Å². The Bertz CT molecular complexity index is 473. The fraction of sp³-hybridized carbons (Fsp3) is 0.286. The molecule has 1 nitrogen and oxygen atoms in total. The van der Waals surface area contributed by atoms with Gasteiger partial charge in [-0.1, -0.05) is 24.3 Å². The highest BCUT2D eigenvalue weighted by Crippen LogP contribution is 2.29. The Kier molecular flexibility index (Phi) is 3.35. The third-order valence-electron chi connectivity index (χ3n) is 2.90. The minimum absolute atomic E-state index is 0.0140. The first-order valence-electron chi connectivity index (χ1n) is 5.41. The zero-order chi connectivity index (χ0) is 11.5. The molecule has 0 saturated carbocycles. The van der Waals surface area contributed by atoms with Crippen LogP contribution in [-0.2, 0) is 6.42 Å². The molecule has 0 aliphatic heterocycles. The van der Waals surface area contributed by atoms with Crippen LogP contribution >= 0.6 is 11.6 Å². The van der Waals surface area contributed by atoms with E-state index in [2.05, 4.69) is 19.1 Å². The molecule has 0 aliphatic carbocycles. The van der Waals surface area contributed by atoms with Crippen LogP contribution in [0.2, 0.25) is 0 Å². The van der Waals surface area contributed by atoms with E-state index in [0.29, 0.717) is 0 Å². The van der Waals surface area contributed by atoms with Gasteiger partial charge >= 0.3 is 0 Å². The van der Waals surface area contributed by atoms with E-state index in [4.69, 9.17) is 16.0 Å². The van der Waals surface area contributed by atoms with E-state index in [1.54, 1.807) is 6.26 Å². The standard InChI is InChI=1S/C14H15ClO/c1-10-5-3-4-6-12(10)9-14(15)13-7-8-16-11(13)2/h3-8,14H,9H2,1-2H3. The maximum atomic E-state index is 6.40. The van der Waals surface area contributed by atoms with Gasteiger partial charge in [0.25, 0.3) is 0 Å². The van der Waals surface area contributed by atoms with Crippen LogP contribution in [0.25, 0.3) is 0 Å². The molecular weight excluding hydrogens is 220 g/mol. The van der Waals surface area contributed by atoms with Gasteiger partial charge in [-0.25, -0.2) is 0 Å². The van der Waals surface area contributed by atoms with Crippen molar-refractivity contribution in [2.75, 3.05) is 0 Å². The Morgan fingerprint density at radius 2 is 1.94 bits per heavy atom. The van der Waals surface area contributed by atoms with E-state index in [1.807, 2.05) is 25.1 Å². The summed E-state index contributed by atoms with van der Waals surface area (Å²) in [5, 5.41) is -0.0140. The van der Waals surface area contributed by atoms with Crippen molar-refractivity contribution in [2.24, 2.45) is 0 Å². The highest BCUT2D eigenvalue weighted by Gasteiger charge is 2.14.